The molecule has 0 N–H and O–H groups in total. The Labute approximate surface area is 173 Å². The summed E-state index contributed by atoms with van der Waals surface area (Å²) in [7, 11) is 4.27. The summed E-state index contributed by atoms with van der Waals surface area (Å²) >= 11 is 0. The Hall–Kier alpha value is -2.63. The van der Waals surface area contributed by atoms with E-state index in [0.29, 0.717) is 18.1 Å². The molecule has 0 spiro atoms. The Morgan fingerprint density at radius 1 is 0.931 bits per heavy atom. The molecule has 3 aliphatic rings. The molecule has 0 radical (unpaired) electrons. The van der Waals surface area contributed by atoms with Crippen LogP contribution in [-0.2, 0) is 4.79 Å². The highest BCUT2D eigenvalue weighted by Crippen LogP contribution is 2.70. The van der Waals surface area contributed by atoms with Gasteiger partial charge in [-0.3, -0.25) is 9.69 Å². The second-order valence-electron chi connectivity index (χ2n) is 8.92. The summed E-state index contributed by atoms with van der Waals surface area (Å²) in [6.45, 7) is 0. The minimum absolute atomic E-state index is 0.273. The number of rotatable bonds is 2. The summed E-state index contributed by atoms with van der Waals surface area (Å²) in [5.41, 5.74) is 3.97. The van der Waals surface area contributed by atoms with Crippen LogP contribution in [0.25, 0.3) is 5.57 Å². The highest BCUT2D eigenvalue weighted by molar-refractivity contribution is 6.08. The topological polar surface area (TPSA) is 20.3 Å². The monoisotopic (exact) mass is 381 g/mol. The molecular weight excluding hydrogens is 354 g/mol. The van der Waals surface area contributed by atoms with Crippen LogP contribution in [0.4, 0.5) is 0 Å². The SMILES string of the molecule is CN(C)[C@]12CC(=O)[C@@]3(CCCC[C@@H]31)C(c1ccccc1)=C2C#Cc1ccccc1. The summed E-state index contributed by atoms with van der Waals surface area (Å²) in [5.74, 6) is 7.80. The number of ketones is 1. The second kappa shape index (κ2) is 6.71. The number of hydrogen-bond acceptors (Lipinski definition) is 2. The Balaban J connectivity index is 1.80. The first-order chi connectivity index (χ1) is 14.1. The van der Waals surface area contributed by atoms with Gasteiger partial charge in [-0.25, -0.2) is 0 Å². The molecule has 2 heteroatoms. The highest BCUT2D eigenvalue weighted by atomic mass is 16.1. The molecule has 0 heterocycles. The first-order valence-corrected chi connectivity index (χ1v) is 10.7. The fourth-order valence-corrected chi connectivity index (χ4v) is 6.35. The van der Waals surface area contributed by atoms with Crippen LogP contribution in [-0.4, -0.2) is 30.3 Å². The summed E-state index contributed by atoms with van der Waals surface area (Å²) in [4.78, 5) is 15.9. The van der Waals surface area contributed by atoms with Crippen LogP contribution >= 0.6 is 0 Å². The molecule has 0 saturated heterocycles. The summed E-state index contributed by atoms with van der Waals surface area (Å²) in [5, 5.41) is 0. The van der Waals surface area contributed by atoms with Gasteiger partial charge in [-0.05, 0) is 56.1 Å². The lowest BCUT2D eigenvalue weighted by molar-refractivity contribution is -0.125. The normalized spacial score (nSPS) is 30.3. The first kappa shape index (κ1) is 18.4. The summed E-state index contributed by atoms with van der Waals surface area (Å²) < 4.78 is 0. The van der Waals surface area contributed by atoms with Crippen molar-refractivity contribution >= 4 is 11.4 Å². The van der Waals surface area contributed by atoms with E-state index in [2.05, 4.69) is 67.2 Å². The zero-order valence-electron chi connectivity index (χ0n) is 17.2. The Morgan fingerprint density at radius 2 is 1.62 bits per heavy atom. The number of Topliss-reactive ketones (excluding diaryl/α,β-unsaturated/α-hetero) is 1. The predicted octanol–water partition coefficient (Wildman–Crippen LogP) is 4.96. The quantitative estimate of drug-likeness (QED) is 0.686. The summed E-state index contributed by atoms with van der Waals surface area (Å²) in [6.07, 6.45) is 5.00. The third kappa shape index (κ3) is 2.44. The molecule has 2 nitrogen and oxygen atoms in total. The molecule has 146 valence electrons. The van der Waals surface area contributed by atoms with Crippen molar-refractivity contribution in [1.29, 1.82) is 0 Å². The van der Waals surface area contributed by atoms with Crippen molar-refractivity contribution in [3.8, 4) is 11.8 Å². The molecule has 2 aromatic carbocycles. The van der Waals surface area contributed by atoms with E-state index in [1.54, 1.807) is 0 Å². The smallest absolute Gasteiger partial charge is 0.146 e. The number of likely N-dealkylation sites (N-methyl/N-ethyl adjacent to an activating group) is 1. The van der Waals surface area contributed by atoms with Crippen molar-refractivity contribution in [2.45, 2.75) is 37.6 Å². The molecule has 3 aliphatic carbocycles. The molecule has 0 amide bonds. The van der Waals surface area contributed by atoms with Crippen molar-refractivity contribution in [2.75, 3.05) is 14.1 Å². The number of hydrogen-bond donors (Lipinski definition) is 0. The fraction of sp³-hybridized carbons (Fsp3) is 0.370. The molecule has 5 rings (SSSR count). The lowest BCUT2D eigenvalue weighted by Gasteiger charge is -2.42. The van der Waals surface area contributed by atoms with E-state index in [1.165, 1.54) is 23.1 Å². The number of carbonyl (C=O) groups is 1. The van der Waals surface area contributed by atoms with Crippen molar-refractivity contribution in [2.24, 2.45) is 11.3 Å². The van der Waals surface area contributed by atoms with Gasteiger partial charge >= 0.3 is 0 Å². The summed E-state index contributed by atoms with van der Waals surface area (Å²) in [6, 6.07) is 20.7. The van der Waals surface area contributed by atoms with E-state index in [1.807, 2.05) is 24.3 Å². The van der Waals surface area contributed by atoms with E-state index in [-0.39, 0.29) is 11.0 Å². The van der Waals surface area contributed by atoms with Gasteiger partial charge in [-0.2, -0.15) is 0 Å². The Kier molecular flexibility index (Phi) is 4.26. The highest BCUT2D eigenvalue weighted by Gasteiger charge is 2.71. The third-order valence-corrected chi connectivity index (χ3v) is 7.51. The van der Waals surface area contributed by atoms with Crippen molar-refractivity contribution in [3.05, 3.63) is 77.4 Å². The van der Waals surface area contributed by atoms with E-state index in [9.17, 15) is 4.79 Å². The lowest BCUT2D eigenvalue weighted by atomic mass is 9.64. The number of allylic oxidation sites excluding steroid dienone is 1. The number of benzene rings is 2. The third-order valence-electron chi connectivity index (χ3n) is 7.51. The van der Waals surface area contributed by atoms with Crippen LogP contribution in [0.3, 0.4) is 0 Å². The zero-order valence-corrected chi connectivity index (χ0v) is 17.2. The fourth-order valence-electron chi connectivity index (χ4n) is 6.35. The largest absolute Gasteiger partial charge is 0.299 e. The van der Waals surface area contributed by atoms with E-state index in [4.69, 9.17) is 0 Å². The van der Waals surface area contributed by atoms with Crippen molar-refractivity contribution in [1.82, 2.24) is 4.90 Å². The van der Waals surface area contributed by atoms with Gasteiger partial charge in [0.1, 0.15) is 5.78 Å². The number of carbonyl (C=O) groups excluding carboxylic acids is 1. The van der Waals surface area contributed by atoms with Crippen LogP contribution in [0.5, 0.6) is 0 Å². The van der Waals surface area contributed by atoms with E-state index in [0.717, 1.165) is 24.8 Å². The average Bonchev–Trinajstić information content (AvgIpc) is 3.17. The maximum Gasteiger partial charge on any atom is 0.146 e. The van der Waals surface area contributed by atoms with Gasteiger partial charge in [0.2, 0.25) is 0 Å². The number of nitrogens with zero attached hydrogens (tertiary/aromatic N) is 1. The molecule has 0 aromatic heterocycles. The molecular formula is C27H27NO. The second-order valence-corrected chi connectivity index (χ2v) is 8.92. The average molecular weight is 382 g/mol. The Bertz CT molecular complexity index is 1040. The Morgan fingerprint density at radius 3 is 2.31 bits per heavy atom. The van der Waals surface area contributed by atoms with Crippen LogP contribution in [0.15, 0.2) is 66.2 Å². The van der Waals surface area contributed by atoms with Crippen LogP contribution in [0, 0.1) is 23.2 Å². The maximum atomic E-state index is 13.6. The van der Waals surface area contributed by atoms with Gasteiger partial charge in [0, 0.05) is 17.6 Å². The zero-order chi connectivity index (χ0) is 20.1. The predicted molar refractivity (Wildman–Crippen MR) is 117 cm³/mol. The van der Waals surface area contributed by atoms with Gasteiger partial charge < -0.3 is 0 Å². The molecule has 2 saturated carbocycles. The molecule has 2 fully saturated rings. The van der Waals surface area contributed by atoms with Gasteiger partial charge in [0.15, 0.2) is 0 Å². The molecule has 2 bridgehead atoms. The van der Waals surface area contributed by atoms with Crippen molar-refractivity contribution < 1.29 is 4.79 Å². The molecule has 0 aliphatic heterocycles. The molecule has 0 unspecified atom stereocenters. The first-order valence-electron chi connectivity index (χ1n) is 10.7. The van der Waals surface area contributed by atoms with Crippen molar-refractivity contribution in [3.63, 3.8) is 0 Å². The van der Waals surface area contributed by atoms with Gasteiger partial charge in [-0.15, -0.1) is 0 Å². The standard InChI is InChI=1S/C27H27NO/c1-28(2)27-19-24(29)26(18-10-9-15-23(26)27)25(21-13-7-4-8-14-21)22(27)17-16-20-11-5-3-6-12-20/h3-8,11-14,23H,9-10,15,18-19H2,1-2H3/t23-,26-,27-/m0/s1. The molecule has 3 atom stereocenters. The van der Waals surface area contributed by atoms with Gasteiger partial charge in [-0.1, -0.05) is 73.2 Å². The minimum Gasteiger partial charge on any atom is -0.299 e. The molecule has 2 aromatic rings. The minimum atomic E-state index is -0.357. The van der Waals surface area contributed by atoms with Crippen LogP contribution < -0.4 is 0 Å². The van der Waals surface area contributed by atoms with E-state index < -0.39 is 0 Å². The molecule has 29 heavy (non-hydrogen) atoms. The van der Waals surface area contributed by atoms with E-state index >= 15 is 0 Å². The van der Waals surface area contributed by atoms with Gasteiger partial charge in [0.25, 0.3) is 0 Å². The maximum absolute atomic E-state index is 13.6. The lowest BCUT2D eigenvalue weighted by Crippen LogP contribution is -2.48. The van der Waals surface area contributed by atoms with Gasteiger partial charge in [0.05, 0.1) is 11.0 Å². The van der Waals surface area contributed by atoms with Crippen LogP contribution in [0.2, 0.25) is 0 Å². The van der Waals surface area contributed by atoms with Crippen LogP contribution in [0.1, 0.15) is 43.2 Å².